The fourth-order valence-corrected chi connectivity index (χ4v) is 1.09. The lowest BCUT2D eigenvalue weighted by atomic mass is 10.2. The summed E-state index contributed by atoms with van der Waals surface area (Å²) in [6.07, 6.45) is -0.951. The minimum absolute atomic E-state index is 0.0163. The second-order valence-electron chi connectivity index (χ2n) is 3.34. The third-order valence-corrected chi connectivity index (χ3v) is 2.02. The van der Waals surface area contributed by atoms with Crippen LogP contribution in [0.1, 0.15) is 5.56 Å². The van der Waals surface area contributed by atoms with Crippen LogP contribution in [0.2, 0.25) is 0 Å². The van der Waals surface area contributed by atoms with Crippen LogP contribution in [0.25, 0.3) is 0 Å². The van der Waals surface area contributed by atoms with Gasteiger partial charge in [0, 0.05) is 12.6 Å². The second-order valence-corrected chi connectivity index (χ2v) is 3.34. The predicted molar refractivity (Wildman–Crippen MR) is 54.4 cm³/mol. The van der Waals surface area contributed by atoms with Gasteiger partial charge >= 0.3 is 0 Å². The summed E-state index contributed by atoms with van der Waals surface area (Å²) >= 11 is 0. The van der Waals surface area contributed by atoms with Crippen LogP contribution in [0.3, 0.4) is 0 Å². The molecule has 1 rings (SSSR count). The monoisotopic (exact) mass is 215 g/mol. The van der Waals surface area contributed by atoms with E-state index in [1.165, 1.54) is 12.1 Å². The number of nitrogens with one attached hydrogen (secondary N) is 1. The lowest BCUT2D eigenvalue weighted by Crippen LogP contribution is -2.23. The average Bonchev–Trinajstić information content (AvgIpc) is 2.21. The largest absolute Gasteiger partial charge is 0.508 e. The molecule has 4 nitrogen and oxygen atoms in total. The summed E-state index contributed by atoms with van der Waals surface area (Å²) in [4.78, 5) is 0. The van der Waals surface area contributed by atoms with Crippen LogP contribution in [0, 0.1) is 12.7 Å². The van der Waals surface area contributed by atoms with Gasteiger partial charge in [0.1, 0.15) is 11.6 Å². The van der Waals surface area contributed by atoms with E-state index in [4.69, 9.17) is 10.2 Å². The molecule has 0 saturated heterocycles. The summed E-state index contributed by atoms with van der Waals surface area (Å²) in [7, 11) is 0. The Kier molecular flexibility index (Phi) is 3.88. The minimum Gasteiger partial charge on any atom is -0.508 e. The number of aromatic hydroxyl groups is 1. The smallest absolute Gasteiger partial charge is 0.146 e. The molecular weight excluding hydrogens is 201 g/mol. The van der Waals surface area contributed by atoms with Crippen molar-refractivity contribution in [2.24, 2.45) is 0 Å². The Morgan fingerprint density at radius 2 is 2.13 bits per heavy atom. The maximum atomic E-state index is 13.3. The lowest BCUT2D eigenvalue weighted by Gasteiger charge is -2.12. The Hall–Kier alpha value is -1.33. The molecule has 0 aliphatic rings. The van der Waals surface area contributed by atoms with Gasteiger partial charge in [-0.25, -0.2) is 4.39 Å². The number of aryl methyl sites for hydroxylation is 1. The molecule has 0 aliphatic heterocycles. The highest BCUT2D eigenvalue weighted by molar-refractivity contribution is 5.52. The van der Waals surface area contributed by atoms with Crippen molar-refractivity contribution in [3.63, 3.8) is 0 Å². The first kappa shape index (κ1) is 11.7. The number of halogens is 1. The fraction of sp³-hybridized carbons (Fsp3) is 0.400. The van der Waals surface area contributed by atoms with E-state index >= 15 is 0 Å². The number of hydrogen-bond donors (Lipinski definition) is 4. The van der Waals surface area contributed by atoms with E-state index in [-0.39, 0.29) is 18.0 Å². The molecule has 0 heterocycles. The molecule has 0 saturated carbocycles. The normalized spacial score (nSPS) is 12.5. The molecule has 1 aromatic rings. The van der Waals surface area contributed by atoms with Crippen molar-refractivity contribution in [1.82, 2.24) is 0 Å². The van der Waals surface area contributed by atoms with Gasteiger partial charge in [-0.15, -0.1) is 0 Å². The zero-order valence-corrected chi connectivity index (χ0v) is 8.37. The molecule has 0 fully saturated rings. The van der Waals surface area contributed by atoms with Crippen LogP contribution >= 0.6 is 0 Å². The molecule has 15 heavy (non-hydrogen) atoms. The summed E-state index contributed by atoms with van der Waals surface area (Å²) in [5.41, 5.74) is 0.548. The second kappa shape index (κ2) is 4.95. The number of phenolic OH excluding ortho intramolecular Hbond substituents is 1. The van der Waals surface area contributed by atoms with Crippen LogP contribution in [0.5, 0.6) is 5.75 Å². The number of aliphatic hydroxyl groups is 2. The van der Waals surface area contributed by atoms with Crippen molar-refractivity contribution < 1.29 is 19.7 Å². The number of benzene rings is 1. The molecule has 0 amide bonds. The van der Waals surface area contributed by atoms with E-state index in [1.54, 1.807) is 6.92 Å². The summed E-state index contributed by atoms with van der Waals surface area (Å²) < 4.78 is 13.3. The third-order valence-electron chi connectivity index (χ3n) is 2.02. The van der Waals surface area contributed by atoms with Gasteiger partial charge in [0.25, 0.3) is 0 Å². The lowest BCUT2D eigenvalue weighted by molar-refractivity contribution is 0.105. The Labute approximate surface area is 87.0 Å². The molecule has 5 heteroatoms. The Balaban J connectivity index is 2.73. The summed E-state index contributed by atoms with van der Waals surface area (Å²) in [5, 5.41) is 29.5. The molecule has 0 aliphatic carbocycles. The molecule has 0 aromatic heterocycles. The van der Waals surface area contributed by atoms with Crippen LogP contribution in [-0.2, 0) is 0 Å². The van der Waals surface area contributed by atoms with Crippen molar-refractivity contribution in [3.8, 4) is 5.75 Å². The van der Waals surface area contributed by atoms with Crippen molar-refractivity contribution in [2.45, 2.75) is 13.0 Å². The Morgan fingerprint density at radius 1 is 1.47 bits per heavy atom. The number of hydrogen-bond acceptors (Lipinski definition) is 4. The standard InChI is InChI=1S/C10H14FNO3/c1-6-2-8(11)9(3-10(6)15)12-4-7(14)5-13/h2-3,7,12-15H,4-5H2,1H3. The van der Waals surface area contributed by atoms with Crippen LogP contribution in [0.4, 0.5) is 10.1 Å². The van der Waals surface area contributed by atoms with Crippen LogP contribution in [0.15, 0.2) is 12.1 Å². The van der Waals surface area contributed by atoms with E-state index in [9.17, 15) is 9.50 Å². The first-order valence-electron chi connectivity index (χ1n) is 4.56. The summed E-state index contributed by atoms with van der Waals surface area (Å²) in [6, 6.07) is 2.44. The highest BCUT2D eigenvalue weighted by atomic mass is 19.1. The highest BCUT2D eigenvalue weighted by Crippen LogP contribution is 2.24. The van der Waals surface area contributed by atoms with E-state index in [0.717, 1.165) is 0 Å². The molecule has 1 atom stereocenters. The van der Waals surface area contributed by atoms with E-state index in [0.29, 0.717) is 5.56 Å². The number of aliphatic hydroxyl groups excluding tert-OH is 2. The third kappa shape index (κ3) is 3.07. The predicted octanol–water partition coefficient (Wildman–Crippen LogP) is 0.605. The maximum Gasteiger partial charge on any atom is 0.146 e. The van der Waals surface area contributed by atoms with Gasteiger partial charge < -0.3 is 20.6 Å². The van der Waals surface area contributed by atoms with Crippen molar-refractivity contribution in [1.29, 1.82) is 0 Å². The molecule has 4 N–H and O–H groups in total. The van der Waals surface area contributed by atoms with E-state index in [1.807, 2.05) is 0 Å². The van der Waals surface area contributed by atoms with Crippen LogP contribution < -0.4 is 5.32 Å². The average molecular weight is 215 g/mol. The molecule has 84 valence electrons. The SMILES string of the molecule is Cc1cc(F)c(NCC(O)CO)cc1O. The molecule has 0 spiro atoms. The molecular formula is C10H14FNO3. The van der Waals surface area contributed by atoms with Gasteiger partial charge in [-0.05, 0) is 18.6 Å². The van der Waals surface area contributed by atoms with Gasteiger partial charge in [0.15, 0.2) is 0 Å². The van der Waals surface area contributed by atoms with Gasteiger partial charge in [0.05, 0.1) is 18.4 Å². The Morgan fingerprint density at radius 3 is 2.73 bits per heavy atom. The molecule has 0 radical (unpaired) electrons. The number of phenols is 1. The quantitative estimate of drug-likeness (QED) is 0.593. The van der Waals surface area contributed by atoms with E-state index < -0.39 is 18.5 Å². The molecule has 1 aromatic carbocycles. The van der Waals surface area contributed by atoms with Crippen molar-refractivity contribution in [3.05, 3.63) is 23.5 Å². The van der Waals surface area contributed by atoms with Crippen molar-refractivity contribution >= 4 is 5.69 Å². The van der Waals surface area contributed by atoms with Gasteiger partial charge in [-0.3, -0.25) is 0 Å². The van der Waals surface area contributed by atoms with Crippen molar-refractivity contribution in [2.75, 3.05) is 18.5 Å². The van der Waals surface area contributed by atoms with Gasteiger partial charge in [-0.2, -0.15) is 0 Å². The first-order valence-corrected chi connectivity index (χ1v) is 4.56. The zero-order chi connectivity index (χ0) is 11.4. The minimum atomic E-state index is -0.951. The summed E-state index contributed by atoms with van der Waals surface area (Å²) in [6.45, 7) is 1.22. The van der Waals surface area contributed by atoms with Crippen LogP contribution in [-0.4, -0.2) is 34.6 Å². The van der Waals surface area contributed by atoms with E-state index in [2.05, 4.69) is 5.32 Å². The number of rotatable bonds is 4. The Bertz CT molecular complexity index is 344. The molecule has 0 bridgehead atoms. The number of anilines is 1. The fourth-order valence-electron chi connectivity index (χ4n) is 1.09. The first-order chi connectivity index (χ1) is 7.04. The van der Waals surface area contributed by atoms with Gasteiger partial charge in [0.2, 0.25) is 0 Å². The maximum absolute atomic E-state index is 13.3. The highest BCUT2D eigenvalue weighted by Gasteiger charge is 2.08. The summed E-state index contributed by atoms with van der Waals surface area (Å²) in [5.74, 6) is -0.521. The zero-order valence-electron chi connectivity index (χ0n) is 8.37. The van der Waals surface area contributed by atoms with Gasteiger partial charge in [-0.1, -0.05) is 0 Å². The topological polar surface area (TPSA) is 72.7 Å². The molecule has 1 unspecified atom stereocenters.